The van der Waals surface area contributed by atoms with Crippen molar-refractivity contribution in [2.45, 2.75) is 6.04 Å². The molecule has 0 aliphatic rings. The lowest BCUT2D eigenvalue weighted by molar-refractivity contribution is -0.115. The fraction of sp³-hybridized carbons (Fsp3) is 0.333. The highest BCUT2D eigenvalue weighted by atomic mass is 16.3. The Morgan fingerprint density at radius 3 is 1.71 bits per heavy atom. The summed E-state index contributed by atoms with van der Waals surface area (Å²) in [4.78, 5) is 28.1. The molecule has 0 saturated carbocycles. The molecule has 0 aromatic heterocycles. The summed E-state index contributed by atoms with van der Waals surface area (Å²) in [6.07, 6.45) is 0.361. The minimum atomic E-state index is -1.31. The van der Waals surface area contributed by atoms with Gasteiger partial charge >= 0.3 is 0 Å². The molecule has 0 amide bonds. The Balaban J connectivity index is 3.57. The number of aldehydes is 2. The number of carbonyl (C=O) groups is 2. The highest BCUT2D eigenvalue weighted by Gasteiger charge is 1.99. The number of hydrogen-bond acceptors (Lipinski definition) is 4. The van der Waals surface area contributed by atoms with Gasteiger partial charge in [0, 0.05) is 0 Å². The van der Waals surface area contributed by atoms with Gasteiger partial charge in [-0.05, 0) is 0 Å². The highest BCUT2D eigenvalue weighted by Crippen LogP contribution is 1.74. The van der Waals surface area contributed by atoms with E-state index in [-0.39, 0.29) is 12.6 Å². The van der Waals surface area contributed by atoms with Crippen LogP contribution >= 0.6 is 0 Å². The van der Waals surface area contributed by atoms with Gasteiger partial charge in [-0.3, -0.25) is 0 Å². The Labute approximate surface area is 39.5 Å². The lowest BCUT2D eigenvalue weighted by Crippen LogP contribution is -2.04. The topological polar surface area (TPSA) is 63.6 Å². The van der Waals surface area contributed by atoms with Crippen LogP contribution in [0.4, 0.5) is 0 Å². The Kier molecular flexibility index (Phi) is 2.67. The third-order valence-corrected chi connectivity index (χ3v) is 0.401. The lowest BCUT2D eigenvalue weighted by Gasteiger charge is -1.77. The average molecular weight is 101 g/mol. The molecule has 0 aromatic carbocycles. The minimum absolute atomic E-state index is 0.181. The van der Waals surface area contributed by atoms with Gasteiger partial charge < -0.3 is 9.59 Å². The molecule has 0 rings (SSSR count). The van der Waals surface area contributed by atoms with E-state index in [4.69, 9.17) is 0 Å². The Hall–Kier alpha value is -1.06. The summed E-state index contributed by atoms with van der Waals surface area (Å²) in [6, 6.07) is -1.31. The Morgan fingerprint density at radius 2 is 1.71 bits per heavy atom. The third kappa shape index (κ3) is 1.75. The van der Waals surface area contributed by atoms with Gasteiger partial charge in [0.2, 0.25) is 6.04 Å². The normalized spacial score (nSPS) is 8.14. The summed E-state index contributed by atoms with van der Waals surface area (Å²) in [5, 5.41) is 2.14. The number of rotatable bonds is 3. The summed E-state index contributed by atoms with van der Waals surface area (Å²) in [5.41, 5.74) is 0. The molecule has 4 nitrogen and oxygen atoms in total. The van der Waals surface area contributed by atoms with Crippen LogP contribution in [0.3, 0.4) is 0 Å². The standard InChI is InChI=1S/C3H3NO3/c5-1-3(2-6)4-7/h1-3H. The molecule has 0 aromatic rings. The zero-order valence-electron chi connectivity index (χ0n) is 3.40. The van der Waals surface area contributed by atoms with E-state index in [2.05, 4.69) is 5.18 Å². The number of hydrogen-bond donors (Lipinski definition) is 0. The van der Waals surface area contributed by atoms with Gasteiger partial charge in [0.25, 0.3) is 0 Å². The number of nitrogens with zero attached hydrogens (tertiary/aromatic N) is 1. The molecule has 0 bridgehead atoms. The van der Waals surface area contributed by atoms with Gasteiger partial charge in [0.1, 0.15) is 0 Å². The Morgan fingerprint density at radius 1 is 1.29 bits per heavy atom. The molecule has 0 spiro atoms. The predicted octanol–water partition coefficient (Wildman–Crippen LogP) is -0.481. The van der Waals surface area contributed by atoms with Crippen LogP contribution < -0.4 is 0 Å². The highest BCUT2D eigenvalue weighted by molar-refractivity contribution is 5.82. The van der Waals surface area contributed by atoms with Crippen molar-refractivity contribution in [3.05, 3.63) is 4.91 Å². The second kappa shape index (κ2) is 3.14. The van der Waals surface area contributed by atoms with Crippen LogP contribution in [0.15, 0.2) is 5.18 Å². The van der Waals surface area contributed by atoms with Gasteiger partial charge in [0.05, 0.1) is 0 Å². The fourth-order valence-corrected chi connectivity index (χ4v) is 0.0818. The van der Waals surface area contributed by atoms with Crippen molar-refractivity contribution in [2.24, 2.45) is 5.18 Å². The molecule has 0 radical (unpaired) electrons. The van der Waals surface area contributed by atoms with Crippen LogP contribution in [0.5, 0.6) is 0 Å². The van der Waals surface area contributed by atoms with E-state index in [1.807, 2.05) is 0 Å². The minimum Gasteiger partial charge on any atom is -0.300 e. The Bertz CT molecular complexity index is 71.2. The molecular formula is C3H3NO3. The molecular weight excluding hydrogens is 98.0 g/mol. The number of carbonyl (C=O) groups excluding carboxylic acids is 2. The van der Waals surface area contributed by atoms with Crippen LogP contribution in [-0.2, 0) is 9.59 Å². The van der Waals surface area contributed by atoms with E-state index in [0.717, 1.165) is 0 Å². The largest absolute Gasteiger partial charge is 0.300 e. The van der Waals surface area contributed by atoms with Crippen LogP contribution in [0.25, 0.3) is 0 Å². The van der Waals surface area contributed by atoms with Crippen molar-refractivity contribution < 1.29 is 9.59 Å². The number of nitroso groups, excluding NO2 is 1. The summed E-state index contributed by atoms with van der Waals surface area (Å²) < 4.78 is 0. The zero-order valence-corrected chi connectivity index (χ0v) is 3.40. The van der Waals surface area contributed by atoms with E-state index >= 15 is 0 Å². The van der Waals surface area contributed by atoms with Crippen molar-refractivity contribution in [3.8, 4) is 0 Å². The van der Waals surface area contributed by atoms with E-state index in [9.17, 15) is 14.5 Å². The fourth-order valence-electron chi connectivity index (χ4n) is 0.0818. The summed E-state index contributed by atoms with van der Waals surface area (Å²) in [5.74, 6) is 0. The van der Waals surface area contributed by atoms with Gasteiger partial charge in [-0.1, -0.05) is 5.18 Å². The van der Waals surface area contributed by atoms with Crippen LogP contribution in [0, 0.1) is 4.91 Å². The second-order valence-electron chi connectivity index (χ2n) is 0.868. The van der Waals surface area contributed by atoms with Crippen molar-refractivity contribution in [3.63, 3.8) is 0 Å². The van der Waals surface area contributed by atoms with Crippen molar-refractivity contribution in [2.75, 3.05) is 0 Å². The summed E-state index contributed by atoms with van der Waals surface area (Å²) in [7, 11) is 0. The quantitative estimate of drug-likeness (QED) is 0.274. The third-order valence-electron chi connectivity index (χ3n) is 0.401. The van der Waals surface area contributed by atoms with Gasteiger partial charge in [-0.2, -0.15) is 0 Å². The van der Waals surface area contributed by atoms with Crippen LogP contribution in [0.2, 0.25) is 0 Å². The van der Waals surface area contributed by atoms with Gasteiger partial charge in [0.15, 0.2) is 12.6 Å². The van der Waals surface area contributed by atoms with E-state index in [1.165, 1.54) is 0 Å². The van der Waals surface area contributed by atoms with E-state index in [0.29, 0.717) is 0 Å². The first-order valence-corrected chi connectivity index (χ1v) is 1.58. The molecule has 0 N–H and O–H groups in total. The molecule has 7 heavy (non-hydrogen) atoms. The molecule has 0 aliphatic heterocycles. The SMILES string of the molecule is O=CC(C=O)N=O. The summed E-state index contributed by atoms with van der Waals surface area (Å²) >= 11 is 0. The van der Waals surface area contributed by atoms with E-state index in [1.54, 1.807) is 0 Å². The molecule has 0 fully saturated rings. The first-order chi connectivity index (χ1) is 3.35. The maximum atomic E-state index is 9.44. The van der Waals surface area contributed by atoms with Crippen molar-refractivity contribution in [1.29, 1.82) is 0 Å². The predicted molar refractivity (Wildman–Crippen MR) is 21.7 cm³/mol. The van der Waals surface area contributed by atoms with Crippen molar-refractivity contribution >= 4 is 12.6 Å². The molecule has 0 saturated heterocycles. The van der Waals surface area contributed by atoms with Crippen LogP contribution in [0.1, 0.15) is 0 Å². The molecule has 0 unspecified atom stereocenters. The molecule has 4 heteroatoms. The lowest BCUT2D eigenvalue weighted by atomic mass is 10.4. The second-order valence-corrected chi connectivity index (χ2v) is 0.868. The molecule has 0 atom stereocenters. The first kappa shape index (κ1) is 5.94. The van der Waals surface area contributed by atoms with Gasteiger partial charge in [-0.25, -0.2) is 0 Å². The smallest absolute Gasteiger partial charge is 0.202 e. The van der Waals surface area contributed by atoms with Crippen LogP contribution in [-0.4, -0.2) is 18.6 Å². The molecule has 0 heterocycles. The van der Waals surface area contributed by atoms with E-state index < -0.39 is 6.04 Å². The molecule has 0 aliphatic carbocycles. The average Bonchev–Trinajstić information content (AvgIpc) is 1.72. The maximum absolute atomic E-state index is 9.44. The summed E-state index contributed by atoms with van der Waals surface area (Å²) in [6.45, 7) is 0. The zero-order chi connectivity index (χ0) is 5.70. The van der Waals surface area contributed by atoms with Crippen molar-refractivity contribution in [1.82, 2.24) is 0 Å². The molecule has 38 valence electrons. The maximum Gasteiger partial charge on any atom is 0.202 e. The first-order valence-electron chi connectivity index (χ1n) is 1.58. The van der Waals surface area contributed by atoms with Gasteiger partial charge in [-0.15, -0.1) is 4.91 Å². The monoisotopic (exact) mass is 101 g/mol.